The first-order valence-corrected chi connectivity index (χ1v) is 11.7. The van der Waals surface area contributed by atoms with E-state index in [4.69, 9.17) is 0 Å². The minimum Gasteiger partial charge on any atom is -0.343 e. The van der Waals surface area contributed by atoms with Crippen molar-refractivity contribution in [1.82, 2.24) is 14.8 Å². The third kappa shape index (κ3) is 5.93. The molecule has 1 aromatic carbocycles. The van der Waals surface area contributed by atoms with Crippen molar-refractivity contribution in [2.24, 2.45) is 11.8 Å². The fourth-order valence-corrected chi connectivity index (χ4v) is 4.92. The number of hydrogen-bond donors (Lipinski definition) is 0. The van der Waals surface area contributed by atoms with Gasteiger partial charge in [0.15, 0.2) is 0 Å². The number of aromatic nitrogens is 1. The average molecular weight is 420 g/mol. The molecule has 0 N–H and O–H groups in total. The highest BCUT2D eigenvalue weighted by Gasteiger charge is 2.26. The zero-order chi connectivity index (χ0) is 21.5. The van der Waals surface area contributed by atoms with E-state index in [1.807, 2.05) is 11.0 Å². The van der Waals surface area contributed by atoms with Crippen LogP contribution in [0.5, 0.6) is 0 Å². The lowest BCUT2D eigenvalue weighted by Crippen LogP contribution is -2.40. The van der Waals surface area contributed by atoms with Crippen molar-refractivity contribution < 1.29 is 9.59 Å². The molecule has 0 saturated carbocycles. The summed E-state index contributed by atoms with van der Waals surface area (Å²) in [6.45, 7) is 3.34. The Balaban J connectivity index is 1.15. The summed E-state index contributed by atoms with van der Waals surface area (Å²) in [6, 6.07) is 14.3. The maximum atomic E-state index is 12.7. The molecule has 2 aliphatic heterocycles. The van der Waals surface area contributed by atoms with Crippen LogP contribution in [0, 0.1) is 11.8 Å². The molecule has 31 heavy (non-hydrogen) atoms. The molecular weight excluding hydrogens is 386 g/mol. The summed E-state index contributed by atoms with van der Waals surface area (Å²) in [7, 11) is 0. The van der Waals surface area contributed by atoms with Crippen LogP contribution >= 0.6 is 0 Å². The van der Waals surface area contributed by atoms with Crippen molar-refractivity contribution in [2.75, 3.05) is 26.2 Å². The number of piperidine rings is 2. The largest absolute Gasteiger partial charge is 0.343 e. The molecule has 5 heteroatoms. The number of benzene rings is 1. The van der Waals surface area contributed by atoms with E-state index < -0.39 is 0 Å². The van der Waals surface area contributed by atoms with Gasteiger partial charge in [0.05, 0.1) is 5.56 Å². The first kappa shape index (κ1) is 21.5. The van der Waals surface area contributed by atoms with E-state index in [0.717, 1.165) is 64.7 Å². The zero-order valence-electron chi connectivity index (χ0n) is 18.3. The van der Waals surface area contributed by atoms with Crippen molar-refractivity contribution in [3.63, 3.8) is 0 Å². The van der Waals surface area contributed by atoms with Gasteiger partial charge in [-0.25, -0.2) is 0 Å². The van der Waals surface area contributed by atoms with Gasteiger partial charge in [0, 0.05) is 45.0 Å². The second-order valence-electron chi connectivity index (χ2n) is 9.03. The summed E-state index contributed by atoms with van der Waals surface area (Å²) >= 11 is 0. The van der Waals surface area contributed by atoms with E-state index in [9.17, 15) is 9.59 Å². The Kier molecular flexibility index (Phi) is 7.34. The molecule has 0 radical (unpaired) electrons. The number of rotatable bonds is 6. The Hall–Kier alpha value is -2.69. The molecule has 2 fully saturated rings. The Morgan fingerprint density at radius 1 is 0.839 bits per heavy atom. The van der Waals surface area contributed by atoms with Crippen LogP contribution in [0.25, 0.3) is 0 Å². The SMILES string of the molecule is O=C(CCC1CCN(C(=O)c2cccnc2)CC1)N1CCC(Cc2ccccc2)CC1. The predicted octanol–water partition coefficient (Wildman–Crippen LogP) is 4.20. The normalized spacial score (nSPS) is 18.2. The summed E-state index contributed by atoms with van der Waals surface area (Å²) < 4.78 is 0. The molecule has 4 rings (SSSR count). The monoisotopic (exact) mass is 419 g/mol. The molecule has 2 aromatic rings. The fraction of sp³-hybridized carbons (Fsp3) is 0.500. The number of carbonyl (C=O) groups excluding carboxylic acids is 2. The van der Waals surface area contributed by atoms with Crippen molar-refractivity contribution >= 4 is 11.8 Å². The first-order valence-electron chi connectivity index (χ1n) is 11.7. The van der Waals surface area contributed by atoms with E-state index >= 15 is 0 Å². The van der Waals surface area contributed by atoms with Crippen LogP contribution in [0.2, 0.25) is 0 Å². The minimum absolute atomic E-state index is 0.0704. The van der Waals surface area contributed by atoms with Gasteiger partial charge in [-0.2, -0.15) is 0 Å². The van der Waals surface area contributed by atoms with Crippen LogP contribution in [-0.4, -0.2) is 52.8 Å². The topological polar surface area (TPSA) is 53.5 Å². The van der Waals surface area contributed by atoms with Crippen LogP contribution in [0.3, 0.4) is 0 Å². The molecule has 2 aliphatic rings. The number of hydrogen-bond acceptors (Lipinski definition) is 3. The molecule has 3 heterocycles. The molecule has 0 bridgehead atoms. The average Bonchev–Trinajstić information content (AvgIpc) is 2.84. The smallest absolute Gasteiger partial charge is 0.255 e. The van der Waals surface area contributed by atoms with E-state index in [-0.39, 0.29) is 5.91 Å². The van der Waals surface area contributed by atoms with Gasteiger partial charge in [-0.3, -0.25) is 14.6 Å². The Bertz CT molecular complexity index is 839. The van der Waals surface area contributed by atoms with Gasteiger partial charge in [-0.15, -0.1) is 0 Å². The van der Waals surface area contributed by atoms with E-state index in [1.54, 1.807) is 18.5 Å². The Labute approximate surface area is 185 Å². The highest BCUT2D eigenvalue weighted by atomic mass is 16.2. The van der Waals surface area contributed by atoms with Crippen molar-refractivity contribution in [3.8, 4) is 0 Å². The second kappa shape index (κ2) is 10.6. The van der Waals surface area contributed by atoms with Gasteiger partial charge in [0.1, 0.15) is 0 Å². The lowest BCUT2D eigenvalue weighted by Gasteiger charge is -2.34. The van der Waals surface area contributed by atoms with Gasteiger partial charge in [0.25, 0.3) is 5.91 Å². The Morgan fingerprint density at radius 2 is 1.52 bits per heavy atom. The number of nitrogens with zero attached hydrogens (tertiary/aromatic N) is 3. The van der Waals surface area contributed by atoms with Crippen LogP contribution < -0.4 is 0 Å². The van der Waals surface area contributed by atoms with E-state index in [0.29, 0.717) is 29.7 Å². The number of amides is 2. The molecule has 2 amide bonds. The van der Waals surface area contributed by atoms with Gasteiger partial charge >= 0.3 is 0 Å². The molecule has 1 aromatic heterocycles. The molecule has 0 unspecified atom stereocenters. The van der Waals surface area contributed by atoms with Crippen LogP contribution in [0.15, 0.2) is 54.9 Å². The summed E-state index contributed by atoms with van der Waals surface area (Å²) in [6.07, 6.45) is 10.2. The summed E-state index contributed by atoms with van der Waals surface area (Å²) in [4.78, 5) is 33.3. The molecule has 0 aliphatic carbocycles. The zero-order valence-corrected chi connectivity index (χ0v) is 18.3. The summed E-state index contributed by atoms with van der Waals surface area (Å²) in [5.41, 5.74) is 2.06. The van der Waals surface area contributed by atoms with Crippen LogP contribution in [-0.2, 0) is 11.2 Å². The Morgan fingerprint density at radius 3 is 2.19 bits per heavy atom. The molecule has 2 saturated heterocycles. The van der Waals surface area contributed by atoms with Crippen molar-refractivity contribution in [2.45, 2.75) is 44.9 Å². The first-order chi connectivity index (χ1) is 15.2. The van der Waals surface area contributed by atoms with Crippen molar-refractivity contribution in [1.29, 1.82) is 0 Å². The number of pyridine rings is 1. The predicted molar refractivity (Wildman–Crippen MR) is 122 cm³/mol. The number of carbonyl (C=O) groups is 2. The van der Waals surface area contributed by atoms with Gasteiger partial charge in [0.2, 0.25) is 5.91 Å². The minimum atomic E-state index is 0.0704. The molecule has 0 atom stereocenters. The lowest BCUT2D eigenvalue weighted by atomic mass is 9.89. The molecule has 5 nitrogen and oxygen atoms in total. The summed E-state index contributed by atoms with van der Waals surface area (Å²) in [5, 5.41) is 0. The fourth-order valence-electron chi connectivity index (χ4n) is 4.92. The van der Waals surface area contributed by atoms with Gasteiger partial charge < -0.3 is 9.80 Å². The third-order valence-corrected chi connectivity index (χ3v) is 6.91. The molecule has 0 spiro atoms. The molecular formula is C26H33N3O2. The van der Waals surface area contributed by atoms with Gasteiger partial charge in [-0.1, -0.05) is 30.3 Å². The second-order valence-corrected chi connectivity index (χ2v) is 9.03. The van der Waals surface area contributed by atoms with E-state index in [2.05, 4.69) is 40.2 Å². The van der Waals surface area contributed by atoms with Gasteiger partial charge in [-0.05, 0) is 68.1 Å². The van der Waals surface area contributed by atoms with Crippen LogP contribution in [0.4, 0.5) is 0 Å². The highest BCUT2D eigenvalue weighted by Crippen LogP contribution is 2.25. The van der Waals surface area contributed by atoms with E-state index in [1.165, 1.54) is 5.56 Å². The maximum Gasteiger partial charge on any atom is 0.255 e. The highest BCUT2D eigenvalue weighted by molar-refractivity contribution is 5.93. The van der Waals surface area contributed by atoms with Crippen LogP contribution in [0.1, 0.15) is 54.4 Å². The number of likely N-dealkylation sites (tertiary alicyclic amines) is 2. The third-order valence-electron chi connectivity index (χ3n) is 6.91. The summed E-state index contributed by atoms with van der Waals surface area (Å²) in [5.74, 6) is 1.61. The van der Waals surface area contributed by atoms with Crippen molar-refractivity contribution in [3.05, 3.63) is 66.0 Å². The maximum absolute atomic E-state index is 12.7. The quantitative estimate of drug-likeness (QED) is 0.705. The molecule has 164 valence electrons. The lowest BCUT2D eigenvalue weighted by molar-refractivity contribution is -0.133. The standard InChI is InChI=1S/C26H33N3O2/c30-25(28-15-12-23(13-16-28)19-22-5-2-1-3-6-22)9-8-21-10-17-29(18-11-21)26(31)24-7-4-14-27-20-24/h1-7,14,20-21,23H,8-13,15-19H2.